The largest absolute Gasteiger partial charge is 0.383 e. The first-order chi connectivity index (χ1) is 4.61. The second-order valence-electron chi connectivity index (χ2n) is 1.48. The Morgan fingerprint density at radius 2 is 1.90 bits per heavy atom. The molecule has 0 fully saturated rings. The van der Waals surface area contributed by atoms with Gasteiger partial charge in [-0.1, -0.05) is 11.6 Å². The van der Waals surface area contributed by atoms with Crippen LogP contribution in [0.4, 0.5) is 5.82 Å². The maximum atomic E-state index is 5.56. The summed E-state index contributed by atoms with van der Waals surface area (Å²) in [5.41, 5.74) is 5.35. The maximum absolute atomic E-state index is 5.56. The lowest BCUT2D eigenvalue weighted by atomic mass is 10.6. The molecule has 0 saturated carbocycles. The Labute approximate surface area is 75.7 Å². The van der Waals surface area contributed by atoms with Crippen LogP contribution in [0, 0.1) is 0 Å². The quantitative estimate of drug-likeness (QED) is 0.560. The molecule has 0 radical (unpaired) electrons. The van der Waals surface area contributed by atoms with Crippen molar-refractivity contribution in [1.82, 2.24) is 9.97 Å². The molecule has 1 aromatic rings. The van der Waals surface area contributed by atoms with Gasteiger partial charge < -0.3 is 5.73 Å². The summed E-state index contributed by atoms with van der Waals surface area (Å²) in [6, 6.07) is 0. The van der Waals surface area contributed by atoms with Crippen molar-refractivity contribution >= 4 is 44.9 Å². The number of hydrogen-bond donors (Lipinski definition) is 1. The van der Waals surface area contributed by atoms with Crippen molar-refractivity contribution in [3.8, 4) is 0 Å². The van der Waals surface area contributed by atoms with Gasteiger partial charge in [-0.05, 0) is 27.5 Å². The molecule has 0 unspecified atom stereocenters. The third kappa shape index (κ3) is 1.51. The summed E-state index contributed by atoms with van der Waals surface area (Å²) in [5.74, 6) is 0.241. The second-order valence-corrected chi connectivity index (χ2v) is 2.97. The van der Waals surface area contributed by atoms with Crippen LogP contribution in [-0.2, 0) is 0 Å². The first kappa shape index (κ1) is 8.04. The van der Waals surface area contributed by atoms with E-state index in [1.165, 1.54) is 0 Å². The molecule has 0 aliphatic carbocycles. The number of nitrogen functional groups attached to an aromatic ring is 1. The summed E-state index contributed by atoms with van der Waals surface area (Å²) >= 11 is 14.0. The zero-order chi connectivity index (χ0) is 7.72. The molecular formula is C4H2BrCl2N3. The number of anilines is 1. The van der Waals surface area contributed by atoms with E-state index in [0.29, 0.717) is 4.47 Å². The lowest BCUT2D eigenvalue weighted by Crippen LogP contribution is -1.94. The Morgan fingerprint density at radius 3 is 2.40 bits per heavy atom. The van der Waals surface area contributed by atoms with E-state index in [-0.39, 0.29) is 16.3 Å². The number of aromatic nitrogens is 2. The van der Waals surface area contributed by atoms with Crippen molar-refractivity contribution < 1.29 is 0 Å². The minimum Gasteiger partial charge on any atom is -0.383 e. The average molecular weight is 243 g/mol. The first-order valence-corrected chi connectivity index (χ1v) is 3.80. The molecule has 0 aromatic carbocycles. The van der Waals surface area contributed by atoms with E-state index in [1.807, 2.05) is 0 Å². The zero-order valence-corrected chi connectivity index (χ0v) is 7.70. The van der Waals surface area contributed by atoms with E-state index < -0.39 is 0 Å². The van der Waals surface area contributed by atoms with Crippen molar-refractivity contribution in [2.45, 2.75) is 0 Å². The van der Waals surface area contributed by atoms with E-state index in [4.69, 9.17) is 28.9 Å². The van der Waals surface area contributed by atoms with Crippen molar-refractivity contribution in [2.75, 3.05) is 5.73 Å². The normalized spacial score (nSPS) is 9.90. The molecule has 0 saturated heterocycles. The monoisotopic (exact) mass is 241 g/mol. The molecule has 10 heavy (non-hydrogen) atoms. The van der Waals surface area contributed by atoms with E-state index >= 15 is 0 Å². The lowest BCUT2D eigenvalue weighted by Gasteiger charge is -1.97. The number of nitrogens with two attached hydrogens (primary N) is 1. The van der Waals surface area contributed by atoms with Gasteiger partial charge in [0.05, 0.1) is 4.47 Å². The van der Waals surface area contributed by atoms with Crippen molar-refractivity contribution in [3.05, 3.63) is 14.9 Å². The molecule has 54 valence electrons. The fraction of sp³-hybridized carbons (Fsp3) is 0. The summed E-state index contributed by atoms with van der Waals surface area (Å²) in [7, 11) is 0. The van der Waals surface area contributed by atoms with Gasteiger partial charge in [-0.2, -0.15) is 4.98 Å². The lowest BCUT2D eigenvalue weighted by molar-refractivity contribution is 1.16. The standard InChI is InChI=1S/C4H2BrCl2N3/c5-1-2(6)9-4(7)10-3(1)8/h(H2,8,9,10). The molecule has 1 aromatic heterocycles. The molecular weight excluding hydrogens is 241 g/mol. The van der Waals surface area contributed by atoms with E-state index in [0.717, 1.165) is 0 Å². The SMILES string of the molecule is Nc1nc(Cl)nc(Cl)c1Br. The number of halogens is 3. The van der Waals surface area contributed by atoms with Crippen LogP contribution in [0.15, 0.2) is 4.47 Å². The van der Waals surface area contributed by atoms with Crippen molar-refractivity contribution in [2.24, 2.45) is 0 Å². The molecule has 0 bridgehead atoms. The average Bonchev–Trinajstić information content (AvgIpc) is 1.82. The Hall–Kier alpha value is -0.0600. The van der Waals surface area contributed by atoms with Gasteiger partial charge in [0.2, 0.25) is 5.28 Å². The fourth-order valence-corrected chi connectivity index (χ4v) is 0.982. The Morgan fingerprint density at radius 1 is 1.30 bits per heavy atom. The van der Waals surface area contributed by atoms with Crippen LogP contribution in [0.3, 0.4) is 0 Å². The summed E-state index contributed by atoms with van der Waals surface area (Å²) in [6.45, 7) is 0. The molecule has 0 spiro atoms. The summed E-state index contributed by atoms with van der Waals surface area (Å²) in [6.07, 6.45) is 0. The van der Waals surface area contributed by atoms with Gasteiger partial charge in [0, 0.05) is 0 Å². The van der Waals surface area contributed by atoms with Crippen LogP contribution in [0.25, 0.3) is 0 Å². The smallest absolute Gasteiger partial charge is 0.225 e. The topological polar surface area (TPSA) is 51.8 Å². The van der Waals surface area contributed by atoms with Crippen LogP contribution in [0.1, 0.15) is 0 Å². The predicted molar refractivity (Wildman–Crippen MR) is 44.2 cm³/mol. The van der Waals surface area contributed by atoms with Gasteiger partial charge in [-0.15, -0.1) is 0 Å². The highest BCUT2D eigenvalue weighted by Crippen LogP contribution is 2.25. The van der Waals surface area contributed by atoms with Crippen LogP contribution in [0.5, 0.6) is 0 Å². The third-order valence-corrected chi connectivity index (χ3v) is 2.26. The minimum atomic E-state index is 0.0469. The van der Waals surface area contributed by atoms with Gasteiger partial charge in [-0.3, -0.25) is 0 Å². The van der Waals surface area contributed by atoms with E-state index in [1.54, 1.807) is 0 Å². The second kappa shape index (κ2) is 2.90. The highest BCUT2D eigenvalue weighted by Gasteiger charge is 2.05. The Kier molecular flexibility index (Phi) is 2.33. The molecule has 2 N–H and O–H groups in total. The summed E-state index contributed by atoms with van der Waals surface area (Å²) < 4.78 is 0.471. The van der Waals surface area contributed by atoms with Crippen LogP contribution >= 0.6 is 39.1 Å². The highest BCUT2D eigenvalue weighted by molar-refractivity contribution is 9.10. The minimum absolute atomic E-state index is 0.0469. The zero-order valence-electron chi connectivity index (χ0n) is 4.61. The van der Waals surface area contributed by atoms with E-state index in [2.05, 4.69) is 25.9 Å². The van der Waals surface area contributed by atoms with Crippen molar-refractivity contribution in [3.63, 3.8) is 0 Å². The molecule has 0 aliphatic rings. The number of hydrogen-bond acceptors (Lipinski definition) is 3. The van der Waals surface area contributed by atoms with E-state index in [9.17, 15) is 0 Å². The third-order valence-electron chi connectivity index (χ3n) is 0.809. The molecule has 0 amide bonds. The van der Waals surface area contributed by atoms with Crippen molar-refractivity contribution in [1.29, 1.82) is 0 Å². The Balaban J connectivity index is 3.31. The van der Waals surface area contributed by atoms with Crippen LogP contribution in [0.2, 0.25) is 10.4 Å². The summed E-state index contributed by atoms with van der Waals surface area (Å²) in [5, 5.41) is 0.267. The van der Waals surface area contributed by atoms with Gasteiger partial charge in [0.25, 0.3) is 0 Å². The fourth-order valence-electron chi connectivity index (χ4n) is 0.409. The van der Waals surface area contributed by atoms with Gasteiger partial charge in [0.15, 0.2) is 0 Å². The maximum Gasteiger partial charge on any atom is 0.225 e. The molecule has 1 rings (SSSR count). The van der Waals surface area contributed by atoms with Crippen LogP contribution < -0.4 is 5.73 Å². The number of nitrogens with zero attached hydrogens (tertiary/aromatic N) is 2. The molecule has 0 aliphatic heterocycles. The number of rotatable bonds is 0. The molecule has 6 heteroatoms. The van der Waals surface area contributed by atoms with Crippen LogP contribution in [-0.4, -0.2) is 9.97 Å². The molecule has 0 atom stereocenters. The predicted octanol–water partition coefficient (Wildman–Crippen LogP) is 2.13. The van der Waals surface area contributed by atoms with Gasteiger partial charge >= 0.3 is 0 Å². The highest BCUT2D eigenvalue weighted by atomic mass is 79.9. The summed E-state index contributed by atoms with van der Waals surface area (Å²) in [4.78, 5) is 7.26. The molecule has 1 heterocycles. The Bertz CT molecular complexity index is 242. The molecule has 3 nitrogen and oxygen atoms in total. The van der Waals surface area contributed by atoms with Gasteiger partial charge in [0.1, 0.15) is 11.0 Å². The van der Waals surface area contributed by atoms with Gasteiger partial charge in [-0.25, -0.2) is 4.98 Å². The first-order valence-electron chi connectivity index (χ1n) is 2.25.